The minimum Gasteiger partial charge on any atom is -0.433 e. The third-order valence-electron chi connectivity index (χ3n) is 0.507. The van der Waals surface area contributed by atoms with Gasteiger partial charge >= 0.3 is 6.92 Å². The van der Waals surface area contributed by atoms with Crippen LogP contribution in [0.4, 0.5) is 0 Å². The van der Waals surface area contributed by atoms with Crippen molar-refractivity contribution in [2.24, 2.45) is 0 Å². The highest BCUT2D eigenvalue weighted by Crippen LogP contribution is 1.71. The van der Waals surface area contributed by atoms with Crippen molar-refractivity contribution in [3.8, 4) is 5.97 Å². The summed E-state index contributed by atoms with van der Waals surface area (Å²) in [7, 11) is 0. The monoisotopic (exact) mass is 97.0 g/mol. The molecule has 3 nitrogen and oxygen atoms in total. The number of hydrogen-bond acceptors (Lipinski definition) is 3. The first kappa shape index (κ1) is 6.18. The maximum absolute atomic E-state index is 9.90. The Bertz CT molecular complexity index is 117. The van der Waals surface area contributed by atoms with Crippen molar-refractivity contribution in [2.45, 2.75) is 6.92 Å². The number of carbonyl (C=O) groups is 1. The van der Waals surface area contributed by atoms with E-state index in [1.165, 1.54) is 5.97 Å². The summed E-state index contributed by atoms with van der Waals surface area (Å²) < 4.78 is 0. The van der Waals surface area contributed by atoms with Gasteiger partial charge in [-0.3, -0.25) is 0 Å². The average molecular weight is 96.9 g/mol. The lowest BCUT2D eigenvalue weighted by molar-refractivity contribution is -0.111. The number of carbonyl (C=O) groups excluding carboxylic acids is 1. The summed E-state index contributed by atoms with van der Waals surface area (Å²) in [4.78, 5) is 9.90. The quantitative estimate of drug-likeness (QED) is 0.434. The first-order valence-electron chi connectivity index (χ1n) is 1.76. The molecule has 0 bridgehead atoms. The summed E-state index contributed by atoms with van der Waals surface area (Å²) in [6.07, 6.45) is 0. The summed E-state index contributed by atoms with van der Waals surface area (Å²) in [6.45, 7) is -0.270. The minimum atomic E-state index is -1.43. The van der Waals surface area contributed by atoms with E-state index in [0.717, 1.165) is 6.92 Å². The van der Waals surface area contributed by atoms with Crippen LogP contribution in [0.1, 0.15) is 6.92 Å². The average Bonchev–Trinajstić information content (AvgIpc) is 1.65. The number of rotatable bonds is 1. The van der Waals surface area contributed by atoms with Crippen LogP contribution in [0.25, 0.3) is 0 Å². The van der Waals surface area contributed by atoms with Crippen molar-refractivity contribution < 1.29 is 9.82 Å². The number of nitrogens with zero attached hydrogens (tertiary/aromatic N) is 1. The van der Waals surface area contributed by atoms with Crippen LogP contribution in [-0.2, 0) is 4.79 Å². The molecule has 0 radical (unpaired) electrons. The normalized spacial score (nSPS) is 7.00. The Kier molecular flexibility index (Phi) is 2.10. The zero-order chi connectivity index (χ0) is 5.86. The van der Waals surface area contributed by atoms with Crippen molar-refractivity contribution >= 4 is 12.6 Å². The van der Waals surface area contributed by atoms with Gasteiger partial charge in [0.2, 0.25) is 0 Å². The molecule has 0 heterocycles. The van der Waals surface area contributed by atoms with Crippen LogP contribution in [0.5, 0.6) is 0 Å². The lowest BCUT2D eigenvalue weighted by Gasteiger charge is -1.80. The van der Waals surface area contributed by atoms with Crippen LogP contribution < -0.4 is 0 Å². The fraction of sp³-hybridized carbons (Fsp3) is 0.333. The van der Waals surface area contributed by atoms with Gasteiger partial charge in [0.25, 0.3) is 0 Å². The maximum atomic E-state index is 9.90. The molecule has 0 amide bonds. The summed E-state index contributed by atoms with van der Waals surface area (Å²) in [6, 6.07) is 0. The standard InChI is InChI=1S/C3H4BNO2/c1-3(6)4(7)2-5/h7H,1H3. The molecule has 0 aromatic carbocycles. The van der Waals surface area contributed by atoms with Gasteiger partial charge in [-0.25, -0.2) is 5.26 Å². The fourth-order valence-corrected chi connectivity index (χ4v) is 0.0909. The van der Waals surface area contributed by atoms with E-state index in [0.29, 0.717) is 0 Å². The molecule has 1 N–H and O–H groups in total. The smallest absolute Gasteiger partial charge is 0.433 e. The van der Waals surface area contributed by atoms with Crippen molar-refractivity contribution in [2.75, 3.05) is 0 Å². The van der Waals surface area contributed by atoms with Crippen molar-refractivity contribution in [1.82, 2.24) is 0 Å². The van der Waals surface area contributed by atoms with Gasteiger partial charge in [-0.1, -0.05) is 0 Å². The predicted octanol–water partition coefficient (Wildman–Crippen LogP) is -0.839. The van der Waals surface area contributed by atoms with Gasteiger partial charge in [-0.15, -0.1) is 0 Å². The van der Waals surface area contributed by atoms with Gasteiger partial charge in [-0.2, -0.15) is 0 Å². The summed E-state index contributed by atoms with van der Waals surface area (Å²) in [5.74, 6) is 1.37. The highest BCUT2D eigenvalue weighted by molar-refractivity contribution is 6.89. The zero-order valence-electron chi connectivity index (χ0n) is 3.88. The molecule has 0 atom stereocenters. The Morgan fingerprint density at radius 1 is 2.00 bits per heavy atom. The van der Waals surface area contributed by atoms with Crippen LogP contribution in [0.15, 0.2) is 0 Å². The molecule has 0 spiro atoms. The molecule has 4 heteroatoms. The molecular formula is C3H4BNO2. The van der Waals surface area contributed by atoms with Crippen molar-refractivity contribution in [3.05, 3.63) is 0 Å². The van der Waals surface area contributed by atoms with Gasteiger partial charge in [-0.05, 0) is 6.92 Å². The molecule has 0 aliphatic heterocycles. The largest absolute Gasteiger partial charge is 0.482 e. The van der Waals surface area contributed by atoms with Crippen LogP contribution in [0, 0.1) is 11.2 Å². The van der Waals surface area contributed by atoms with E-state index in [4.69, 9.17) is 10.3 Å². The molecular weight excluding hydrogens is 92.8 g/mol. The van der Waals surface area contributed by atoms with Crippen molar-refractivity contribution in [3.63, 3.8) is 0 Å². The van der Waals surface area contributed by atoms with E-state index in [1.807, 2.05) is 0 Å². The molecule has 0 aromatic heterocycles. The van der Waals surface area contributed by atoms with E-state index in [9.17, 15) is 4.79 Å². The second-order valence-corrected chi connectivity index (χ2v) is 1.14. The number of nitriles is 1. The second-order valence-electron chi connectivity index (χ2n) is 1.14. The lowest BCUT2D eigenvalue weighted by atomic mass is 9.67. The molecule has 0 aliphatic carbocycles. The summed E-state index contributed by atoms with van der Waals surface area (Å²) >= 11 is 0. The highest BCUT2D eigenvalue weighted by Gasteiger charge is 2.14. The van der Waals surface area contributed by atoms with Crippen molar-refractivity contribution in [1.29, 1.82) is 5.26 Å². The third-order valence-corrected chi connectivity index (χ3v) is 0.507. The fourth-order valence-electron chi connectivity index (χ4n) is 0.0909. The zero-order valence-corrected chi connectivity index (χ0v) is 3.88. The lowest BCUT2D eigenvalue weighted by Crippen LogP contribution is -2.20. The topological polar surface area (TPSA) is 61.1 Å². The van der Waals surface area contributed by atoms with Gasteiger partial charge in [0.05, 0.1) is 5.97 Å². The Morgan fingerprint density at radius 2 is 2.43 bits per heavy atom. The van der Waals surface area contributed by atoms with Crippen LogP contribution in [0.2, 0.25) is 0 Å². The first-order chi connectivity index (χ1) is 3.18. The Labute approximate surface area is 41.7 Å². The van der Waals surface area contributed by atoms with E-state index < -0.39 is 12.6 Å². The Hall–Kier alpha value is -0.815. The molecule has 0 saturated carbocycles. The molecule has 0 aromatic rings. The molecule has 36 valence electrons. The highest BCUT2D eigenvalue weighted by atomic mass is 16.2. The number of hydrogen-bond donors (Lipinski definition) is 1. The van der Waals surface area contributed by atoms with E-state index >= 15 is 0 Å². The maximum Gasteiger partial charge on any atom is 0.482 e. The molecule has 0 unspecified atom stereocenters. The van der Waals surface area contributed by atoms with Crippen LogP contribution >= 0.6 is 0 Å². The Balaban J connectivity index is 3.63. The van der Waals surface area contributed by atoms with Gasteiger partial charge in [0.15, 0.2) is 0 Å². The molecule has 7 heavy (non-hydrogen) atoms. The summed E-state index contributed by atoms with van der Waals surface area (Å²) in [5, 5.41) is 16.0. The first-order valence-corrected chi connectivity index (χ1v) is 1.76. The van der Waals surface area contributed by atoms with E-state index in [-0.39, 0.29) is 0 Å². The van der Waals surface area contributed by atoms with E-state index in [2.05, 4.69) is 0 Å². The summed E-state index contributed by atoms with van der Waals surface area (Å²) in [5.41, 5.74) is -0.512. The SMILES string of the molecule is CC(=O)B(O)C#N. The molecule has 0 fully saturated rings. The Morgan fingerprint density at radius 3 is 2.43 bits per heavy atom. The molecule has 0 aliphatic rings. The van der Waals surface area contributed by atoms with E-state index in [1.54, 1.807) is 0 Å². The second kappa shape index (κ2) is 2.37. The minimum absolute atomic E-state index is 0.512. The van der Waals surface area contributed by atoms with Gasteiger partial charge < -0.3 is 9.82 Å². The third kappa shape index (κ3) is 1.96. The molecule has 0 saturated heterocycles. The predicted molar refractivity (Wildman–Crippen MR) is 24.3 cm³/mol. The van der Waals surface area contributed by atoms with Crippen LogP contribution in [-0.4, -0.2) is 17.6 Å². The van der Waals surface area contributed by atoms with Gasteiger partial charge in [0.1, 0.15) is 5.68 Å². The molecule has 0 rings (SSSR count). The van der Waals surface area contributed by atoms with Crippen LogP contribution in [0.3, 0.4) is 0 Å². The van der Waals surface area contributed by atoms with Gasteiger partial charge in [0, 0.05) is 0 Å².